The van der Waals surface area contributed by atoms with E-state index in [-0.39, 0.29) is 12.5 Å². The maximum Gasteiger partial charge on any atom is 0.259 e. The zero-order chi connectivity index (χ0) is 14.4. The highest BCUT2D eigenvalue weighted by Gasteiger charge is 1.99. The number of anilines is 1. The Morgan fingerprint density at radius 3 is 2.60 bits per heavy atom. The van der Waals surface area contributed by atoms with E-state index in [1.807, 2.05) is 50.2 Å². The third-order valence-corrected chi connectivity index (χ3v) is 3.58. The van der Waals surface area contributed by atoms with Gasteiger partial charge in [0.2, 0.25) is 0 Å². The van der Waals surface area contributed by atoms with Crippen molar-refractivity contribution in [3.63, 3.8) is 0 Å². The first kappa shape index (κ1) is 14.3. The van der Waals surface area contributed by atoms with E-state index < -0.39 is 0 Å². The number of rotatable bonds is 5. The smallest absolute Gasteiger partial charge is 0.259 e. The van der Waals surface area contributed by atoms with Gasteiger partial charge in [0, 0.05) is 15.4 Å². The third kappa shape index (κ3) is 4.51. The van der Waals surface area contributed by atoms with Crippen LogP contribution in [0.1, 0.15) is 15.3 Å². The van der Waals surface area contributed by atoms with E-state index in [0.717, 1.165) is 10.6 Å². The average Bonchev–Trinajstić information content (AvgIpc) is 2.84. The first-order valence-electron chi connectivity index (χ1n) is 6.32. The molecular formula is C15H17N3OS. The highest BCUT2D eigenvalue weighted by atomic mass is 32.1. The molecular weight excluding hydrogens is 270 g/mol. The number of hydrogen-bond donors (Lipinski definition) is 2. The van der Waals surface area contributed by atoms with Crippen LogP contribution < -0.4 is 10.7 Å². The molecule has 0 fully saturated rings. The monoisotopic (exact) mass is 287 g/mol. The molecule has 0 saturated heterocycles. The minimum absolute atomic E-state index is 0.171. The van der Waals surface area contributed by atoms with Crippen molar-refractivity contribution in [3.05, 3.63) is 51.7 Å². The highest BCUT2D eigenvalue weighted by Crippen LogP contribution is 2.12. The Kier molecular flexibility index (Phi) is 4.90. The molecule has 1 heterocycles. The van der Waals surface area contributed by atoms with E-state index >= 15 is 0 Å². The number of carbonyl (C=O) groups is 1. The summed E-state index contributed by atoms with van der Waals surface area (Å²) in [4.78, 5) is 13.8. The molecule has 0 aliphatic carbocycles. The fourth-order valence-electron chi connectivity index (χ4n) is 1.58. The molecule has 0 radical (unpaired) electrons. The lowest BCUT2D eigenvalue weighted by atomic mass is 10.2. The van der Waals surface area contributed by atoms with Crippen LogP contribution in [0.2, 0.25) is 0 Å². The summed E-state index contributed by atoms with van der Waals surface area (Å²) in [5.41, 5.74) is 4.61. The van der Waals surface area contributed by atoms with Crippen LogP contribution in [0.15, 0.2) is 41.5 Å². The van der Waals surface area contributed by atoms with Gasteiger partial charge in [-0.1, -0.05) is 17.7 Å². The number of nitrogens with zero attached hydrogens (tertiary/aromatic N) is 1. The van der Waals surface area contributed by atoms with Crippen LogP contribution in [0.4, 0.5) is 5.69 Å². The summed E-state index contributed by atoms with van der Waals surface area (Å²) in [6, 6.07) is 11.9. The van der Waals surface area contributed by atoms with Crippen LogP contribution in [-0.2, 0) is 4.79 Å². The lowest BCUT2D eigenvalue weighted by Crippen LogP contribution is -2.25. The van der Waals surface area contributed by atoms with Crippen molar-refractivity contribution in [2.24, 2.45) is 5.10 Å². The summed E-state index contributed by atoms with van der Waals surface area (Å²) in [6.07, 6.45) is 1.65. The first-order valence-corrected chi connectivity index (χ1v) is 7.14. The second-order valence-corrected chi connectivity index (χ2v) is 5.78. The summed E-state index contributed by atoms with van der Waals surface area (Å²) >= 11 is 1.63. The topological polar surface area (TPSA) is 53.5 Å². The van der Waals surface area contributed by atoms with Gasteiger partial charge in [0.25, 0.3) is 5.91 Å². The van der Waals surface area contributed by atoms with Crippen LogP contribution in [-0.4, -0.2) is 18.7 Å². The largest absolute Gasteiger partial charge is 0.376 e. The lowest BCUT2D eigenvalue weighted by Gasteiger charge is -2.05. The molecule has 4 nitrogen and oxygen atoms in total. The van der Waals surface area contributed by atoms with Gasteiger partial charge < -0.3 is 5.32 Å². The summed E-state index contributed by atoms with van der Waals surface area (Å²) in [5.74, 6) is -0.171. The predicted molar refractivity (Wildman–Crippen MR) is 84.5 cm³/mol. The molecule has 1 aromatic carbocycles. The number of aryl methyl sites for hydroxylation is 2. The van der Waals surface area contributed by atoms with Crippen LogP contribution in [0.5, 0.6) is 0 Å². The number of amides is 1. The van der Waals surface area contributed by atoms with Gasteiger partial charge in [-0.15, -0.1) is 11.3 Å². The minimum Gasteiger partial charge on any atom is -0.376 e. The SMILES string of the molecule is Cc1ccc(NCC(=O)N/N=C/c2ccc(C)s2)cc1. The summed E-state index contributed by atoms with van der Waals surface area (Å²) in [6.45, 7) is 4.26. The van der Waals surface area contributed by atoms with Crippen LogP contribution in [0.3, 0.4) is 0 Å². The third-order valence-electron chi connectivity index (χ3n) is 2.65. The van der Waals surface area contributed by atoms with Crippen molar-refractivity contribution in [1.82, 2.24) is 5.43 Å². The normalized spacial score (nSPS) is 10.7. The van der Waals surface area contributed by atoms with Gasteiger partial charge in [0.1, 0.15) is 0 Å². The quantitative estimate of drug-likeness (QED) is 0.656. The van der Waals surface area contributed by atoms with Crippen LogP contribution >= 0.6 is 11.3 Å². The van der Waals surface area contributed by atoms with Crippen LogP contribution in [0, 0.1) is 13.8 Å². The number of nitrogens with one attached hydrogen (secondary N) is 2. The Balaban J connectivity index is 1.75. The molecule has 2 N–H and O–H groups in total. The number of hydrazone groups is 1. The molecule has 2 aromatic rings. The van der Waals surface area contributed by atoms with E-state index in [4.69, 9.17) is 0 Å². The van der Waals surface area contributed by atoms with Gasteiger partial charge >= 0.3 is 0 Å². The molecule has 0 spiro atoms. The van der Waals surface area contributed by atoms with Gasteiger partial charge in [0.15, 0.2) is 0 Å². The molecule has 0 bridgehead atoms. The van der Waals surface area contributed by atoms with Gasteiger partial charge in [-0.05, 0) is 38.1 Å². The zero-order valence-corrected chi connectivity index (χ0v) is 12.3. The Bertz CT molecular complexity index is 602. The number of hydrogen-bond acceptors (Lipinski definition) is 4. The maximum atomic E-state index is 11.6. The zero-order valence-electron chi connectivity index (χ0n) is 11.5. The summed E-state index contributed by atoms with van der Waals surface area (Å²) < 4.78 is 0. The second-order valence-electron chi connectivity index (χ2n) is 4.46. The fraction of sp³-hybridized carbons (Fsp3) is 0.200. The van der Waals surface area contributed by atoms with E-state index in [2.05, 4.69) is 15.8 Å². The van der Waals surface area contributed by atoms with E-state index in [9.17, 15) is 4.79 Å². The molecule has 5 heteroatoms. The lowest BCUT2D eigenvalue weighted by molar-refractivity contribution is -0.119. The molecule has 104 valence electrons. The van der Waals surface area contributed by atoms with E-state index in [1.54, 1.807) is 17.6 Å². The number of thiophene rings is 1. The Labute approximate surface area is 122 Å². The molecule has 0 saturated carbocycles. The maximum absolute atomic E-state index is 11.6. The molecule has 2 rings (SSSR count). The highest BCUT2D eigenvalue weighted by molar-refractivity contribution is 7.13. The predicted octanol–water partition coefficient (Wildman–Crippen LogP) is 2.93. The average molecular weight is 287 g/mol. The summed E-state index contributed by atoms with van der Waals surface area (Å²) in [5, 5.41) is 6.97. The standard InChI is InChI=1S/C15H17N3OS/c1-11-3-6-13(7-4-11)16-10-15(19)18-17-9-14-8-5-12(2)20-14/h3-9,16H,10H2,1-2H3,(H,18,19)/b17-9+. The molecule has 1 amide bonds. The fourth-order valence-corrected chi connectivity index (χ4v) is 2.33. The van der Waals surface area contributed by atoms with Crippen molar-refractivity contribution in [2.45, 2.75) is 13.8 Å². The van der Waals surface area contributed by atoms with Gasteiger partial charge in [-0.25, -0.2) is 5.43 Å². The summed E-state index contributed by atoms with van der Waals surface area (Å²) in [7, 11) is 0. The van der Waals surface area contributed by atoms with Gasteiger partial charge in [0.05, 0.1) is 12.8 Å². The van der Waals surface area contributed by atoms with E-state index in [0.29, 0.717) is 0 Å². The molecule has 0 atom stereocenters. The van der Waals surface area contributed by atoms with Crippen molar-refractivity contribution >= 4 is 29.1 Å². The Morgan fingerprint density at radius 1 is 1.20 bits per heavy atom. The molecule has 20 heavy (non-hydrogen) atoms. The van der Waals surface area contributed by atoms with Crippen LogP contribution in [0.25, 0.3) is 0 Å². The Morgan fingerprint density at radius 2 is 1.95 bits per heavy atom. The van der Waals surface area contributed by atoms with E-state index in [1.165, 1.54) is 10.4 Å². The first-order chi connectivity index (χ1) is 9.63. The number of benzene rings is 1. The molecule has 0 unspecified atom stereocenters. The molecule has 0 aliphatic heterocycles. The van der Waals surface area contributed by atoms with Crippen molar-refractivity contribution in [3.8, 4) is 0 Å². The Hall–Kier alpha value is -2.14. The second kappa shape index (κ2) is 6.86. The van der Waals surface area contributed by atoms with Crippen molar-refractivity contribution in [1.29, 1.82) is 0 Å². The van der Waals surface area contributed by atoms with Crippen molar-refractivity contribution < 1.29 is 4.79 Å². The minimum atomic E-state index is -0.171. The molecule has 0 aliphatic rings. The van der Waals surface area contributed by atoms with Gasteiger partial charge in [-0.2, -0.15) is 5.10 Å². The molecule has 1 aromatic heterocycles. The van der Waals surface area contributed by atoms with Crippen molar-refractivity contribution in [2.75, 3.05) is 11.9 Å². The van der Waals surface area contributed by atoms with Gasteiger partial charge in [-0.3, -0.25) is 4.79 Å². The number of carbonyl (C=O) groups excluding carboxylic acids is 1.